The third-order valence-electron chi connectivity index (χ3n) is 1.86. The lowest BCUT2D eigenvalue weighted by Gasteiger charge is -2.06. The Bertz CT molecular complexity index is 390. The first-order valence-electron chi connectivity index (χ1n) is 3.50. The van der Waals surface area contributed by atoms with Gasteiger partial charge in [0.15, 0.2) is 0 Å². The summed E-state index contributed by atoms with van der Waals surface area (Å²) in [5.74, 6) is 0.910. The van der Waals surface area contributed by atoms with Gasteiger partial charge in [-0.15, -0.1) is 0 Å². The maximum Gasteiger partial charge on any atom is 0.136 e. The molecule has 0 N–H and O–H groups in total. The van der Waals surface area contributed by atoms with Gasteiger partial charge in [0.25, 0.3) is 0 Å². The van der Waals surface area contributed by atoms with E-state index in [1.165, 1.54) is 0 Å². The molecule has 2 nitrogen and oxygen atoms in total. The summed E-state index contributed by atoms with van der Waals surface area (Å²) >= 11 is 0. The molecular formula is C9H5NO. The van der Waals surface area contributed by atoms with E-state index in [4.69, 9.17) is 4.74 Å². The van der Waals surface area contributed by atoms with Crippen molar-refractivity contribution >= 4 is 5.71 Å². The van der Waals surface area contributed by atoms with Gasteiger partial charge in [0.05, 0.1) is 0 Å². The summed E-state index contributed by atoms with van der Waals surface area (Å²) in [6.45, 7) is 0. The van der Waals surface area contributed by atoms with Crippen molar-refractivity contribution in [1.29, 1.82) is 0 Å². The van der Waals surface area contributed by atoms with Crippen molar-refractivity contribution in [1.82, 2.24) is 0 Å². The molecule has 11 heavy (non-hydrogen) atoms. The van der Waals surface area contributed by atoms with E-state index >= 15 is 0 Å². The minimum Gasteiger partial charge on any atom is -0.462 e. The van der Waals surface area contributed by atoms with Crippen LogP contribution in [0.3, 0.4) is 0 Å². The number of benzene rings is 1. The van der Waals surface area contributed by atoms with E-state index in [9.17, 15) is 0 Å². The van der Waals surface area contributed by atoms with Crippen molar-refractivity contribution in [2.45, 2.75) is 0 Å². The fourth-order valence-electron chi connectivity index (χ4n) is 1.26. The Morgan fingerprint density at radius 1 is 1.18 bits per heavy atom. The number of allylic oxidation sites excluding steroid dienone is 1. The zero-order valence-electron chi connectivity index (χ0n) is 5.74. The molecule has 52 valence electrons. The second kappa shape index (κ2) is 1.53. The SMILES string of the molecule is C1=C2N=C2c2ccccc2O1. The molecule has 2 heterocycles. The first-order valence-corrected chi connectivity index (χ1v) is 3.50. The lowest BCUT2D eigenvalue weighted by molar-refractivity contribution is 0.476. The van der Waals surface area contributed by atoms with E-state index in [-0.39, 0.29) is 0 Å². The normalized spacial score (nSPS) is 17.1. The van der Waals surface area contributed by atoms with Gasteiger partial charge in [-0.3, -0.25) is 0 Å². The molecule has 1 aromatic carbocycles. The number of fused-ring (bicyclic) bond motifs is 3. The van der Waals surface area contributed by atoms with Crippen LogP contribution in [-0.2, 0) is 0 Å². The number of aliphatic imine (C=N–C) groups is 1. The number of ether oxygens (including phenoxy) is 1. The molecule has 0 fully saturated rings. The first-order chi connectivity index (χ1) is 5.45. The minimum atomic E-state index is 0.910. The Balaban J connectivity index is 2.28. The van der Waals surface area contributed by atoms with E-state index in [1.54, 1.807) is 6.26 Å². The second-order valence-electron chi connectivity index (χ2n) is 2.58. The highest BCUT2D eigenvalue weighted by Gasteiger charge is 2.28. The molecule has 0 amide bonds. The third kappa shape index (κ3) is 0.584. The zero-order valence-corrected chi connectivity index (χ0v) is 5.74. The molecule has 2 heteroatoms. The van der Waals surface area contributed by atoms with Gasteiger partial charge in [0.1, 0.15) is 23.4 Å². The molecule has 0 aliphatic carbocycles. The Kier molecular flexibility index (Phi) is 0.714. The average molecular weight is 143 g/mol. The van der Waals surface area contributed by atoms with Crippen LogP contribution in [0.4, 0.5) is 0 Å². The van der Waals surface area contributed by atoms with Gasteiger partial charge < -0.3 is 4.74 Å². The van der Waals surface area contributed by atoms with Crippen LogP contribution in [-0.4, -0.2) is 5.71 Å². The highest BCUT2D eigenvalue weighted by Crippen LogP contribution is 2.34. The number of hydrogen-bond donors (Lipinski definition) is 0. The third-order valence-corrected chi connectivity index (χ3v) is 1.86. The molecule has 1 aromatic rings. The van der Waals surface area contributed by atoms with E-state index in [1.807, 2.05) is 24.3 Å². The monoisotopic (exact) mass is 143 g/mol. The smallest absolute Gasteiger partial charge is 0.136 e. The van der Waals surface area contributed by atoms with Crippen molar-refractivity contribution < 1.29 is 4.74 Å². The van der Waals surface area contributed by atoms with Gasteiger partial charge in [-0.2, -0.15) is 0 Å². The van der Waals surface area contributed by atoms with Gasteiger partial charge in [0, 0.05) is 5.56 Å². The Morgan fingerprint density at radius 2 is 2.09 bits per heavy atom. The van der Waals surface area contributed by atoms with Crippen LogP contribution >= 0.6 is 0 Å². The lowest BCUT2D eigenvalue weighted by Crippen LogP contribution is -1.98. The summed E-state index contributed by atoms with van der Waals surface area (Å²) in [4.78, 5) is 4.15. The van der Waals surface area contributed by atoms with Crippen LogP contribution in [0.1, 0.15) is 5.56 Å². The van der Waals surface area contributed by atoms with Crippen LogP contribution in [0.25, 0.3) is 0 Å². The van der Waals surface area contributed by atoms with E-state index in [2.05, 4.69) is 4.99 Å². The standard InChI is InChI=1S/C9H5NO/c1-2-4-8-6(3-1)9-7(10-9)5-11-8/h1-5H. The number of para-hydroxylation sites is 1. The topological polar surface area (TPSA) is 21.6 Å². The van der Waals surface area contributed by atoms with Crippen molar-refractivity contribution in [3.8, 4) is 5.75 Å². The molecule has 0 bridgehead atoms. The predicted octanol–water partition coefficient (Wildman–Crippen LogP) is 1.72. The zero-order chi connectivity index (χ0) is 7.26. The molecule has 3 rings (SSSR count). The Hall–Kier alpha value is -1.57. The van der Waals surface area contributed by atoms with Gasteiger partial charge in [-0.05, 0) is 12.1 Å². The van der Waals surface area contributed by atoms with Gasteiger partial charge >= 0.3 is 0 Å². The predicted molar refractivity (Wildman–Crippen MR) is 41.7 cm³/mol. The molecule has 0 aromatic heterocycles. The highest BCUT2D eigenvalue weighted by atomic mass is 16.5. The first kappa shape index (κ1) is 5.13. The van der Waals surface area contributed by atoms with Crippen LogP contribution in [0.2, 0.25) is 0 Å². The summed E-state index contributed by atoms with van der Waals surface area (Å²) in [5.41, 5.74) is 3.19. The van der Waals surface area contributed by atoms with Crippen LogP contribution in [0.5, 0.6) is 5.75 Å². The molecule has 2 aliphatic rings. The molecule has 0 unspecified atom stereocenters. The summed E-state index contributed by atoms with van der Waals surface area (Å²) in [5, 5.41) is 0. The molecule has 2 aliphatic heterocycles. The highest BCUT2D eigenvalue weighted by molar-refractivity contribution is 6.24. The van der Waals surface area contributed by atoms with Crippen molar-refractivity contribution in [2.24, 2.45) is 4.99 Å². The van der Waals surface area contributed by atoms with Gasteiger partial charge in [-0.25, -0.2) is 4.99 Å². The molecule has 0 spiro atoms. The van der Waals surface area contributed by atoms with Crippen LogP contribution < -0.4 is 4.74 Å². The molecular weight excluding hydrogens is 138 g/mol. The number of hydrogen-bond acceptors (Lipinski definition) is 2. The maximum atomic E-state index is 5.30. The summed E-state index contributed by atoms with van der Waals surface area (Å²) < 4.78 is 5.30. The fourth-order valence-corrected chi connectivity index (χ4v) is 1.26. The minimum absolute atomic E-state index is 0.910. The van der Waals surface area contributed by atoms with Crippen molar-refractivity contribution in [3.63, 3.8) is 0 Å². The van der Waals surface area contributed by atoms with E-state index < -0.39 is 0 Å². The molecule has 0 radical (unpaired) electrons. The Labute approximate surface area is 63.8 Å². The quantitative estimate of drug-likeness (QED) is 0.542. The van der Waals surface area contributed by atoms with Crippen molar-refractivity contribution in [2.75, 3.05) is 0 Å². The second-order valence-corrected chi connectivity index (χ2v) is 2.58. The van der Waals surface area contributed by atoms with E-state index in [0.717, 1.165) is 22.7 Å². The summed E-state index contributed by atoms with van der Waals surface area (Å²) in [7, 11) is 0. The number of rotatable bonds is 0. The van der Waals surface area contributed by atoms with Crippen LogP contribution in [0.15, 0.2) is 41.2 Å². The van der Waals surface area contributed by atoms with Crippen molar-refractivity contribution in [3.05, 3.63) is 41.8 Å². The van der Waals surface area contributed by atoms with Gasteiger partial charge in [-0.1, -0.05) is 12.1 Å². The average Bonchev–Trinajstić information content (AvgIpc) is 2.83. The lowest BCUT2D eigenvalue weighted by atomic mass is 10.1. The molecule has 0 saturated heterocycles. The molecule has 0 saturated carbocycles. The van der Waals surface area contributed by atoms with Gasteiger partial charge in [0.2, 0.25) is 0 Å². The van der Waals surface area contributed by atoms with Crippen LogP contribution in [0, 0.1) is 0 Å². The van der Waals surface area contributed by atoms with E-state index in [0.29, 0.717) is 0 Å². The summed E-state index contributed by atoms with van der Waals surface area (Å²) in [6, 6.07) is 7.92. The largest absolute Gasteiger partial charge is 0.462 e. The fraction of sp³-hybridized carbons (Fsp3) is 0. The Morgan fingerprint density at radius 3 is 3.09 bits per heavy atom. The number of nitrogens with zero attached hydrogens (tertiary/aromatic N) is 1. The summed E-state index contributed by atoms with van der Waals surface area (Å²) in [6.07, 6.45) is 1.69. The maximum absolute atomic E-state index is 5.30. The molecule has 0 atom stereocenters.